The van der Waals surface area contributed by atoms with Crippen molar-refractivity contribution in [3.63, 3.8) is 0 Å². The smallest absolute Gasteiger partial charge is 0.313 e. The Labute approximate surface area is 311 Å². The summed E-state index contributed by atoms with van der Waals surface area (Å²) in [5.41, 5.74) is -0.365. The summed E-state index contributed by atoms with van der Waals surface area (Å²) in [5.74, 6) is -3.85. The zero-order valence-electron chi connectivity index (χ0n) is 28.4. The monoisotopic (exact) mass is 783 g/mol. The number of carbonyl (C=O) groups is 4. The number of cyclic esters (lactones) is 1. The number of unbranched alkanes of at least 4 members (excludes halogenated alkanes) is 3. The number of amides is 3. The lowest BCUT2D eigenvalue weighted by Crippen LogP contribution is -2.56. The van der Waals surface area contributed by atoms with E-state index in [0.717, 1.165) is 12.8 Å². The summed E-state index contributed by atoms with van der Waals surface area (Å²) >= 11 is 10.3. The van der Waals surface area contributed by atoms with Gasteiger partial charge in [0.1, 0.15) is 29.8 Å². The second kappa shape index (κ2) is 16.4. The van der Waals surface area contributed by atoms with Gasteiger partial charge in [-0.2, -0.15) is 0 Å². The summed E-state index contributed by atoms with van der Waals surface area (Å²) in [6.07, 6.45) is 6.85. The van der Waals surface area contributed by atoms with Crippen LogP contribution in [0.4, 0.5) is 5.69 Å². The first-order valence-corrected chi connectivity index (χ1v) is 18.6. The average Bonchev–Trinajstić information content (AvgIpc) is 3.71. The number of nitrogens with one attached hydrogen (secondary N) is 1. The lowest BCUT2D eigenvalue weighted by molar-refractivity contribution is -0.162. The summed E-state index contributed by atoms with van der Waals surface area (Å²) in [5, 5.41) is 12.7. The first kappa shape index (κ1) is 37.2. The van der Waals surface area contributed by atoms with Crippen molar-refractivity contribution in [2.45, 2.75) is 68.4 Å². The van der Waals surface area contributed by atoms with Crippen LogP contribution in [-0.4, -0.2) is 90.9 Å². The van der Waals surface area contributed by atoms with Gasteiger partial charge in [0.25, 0.3) is 5.91 Å². The number of aliphatic hydroxyl groups excluding tert-OH is 1. The number of benzene rings is 2. The Hall–Kier alpha value is -3.55. The third-order valence-electron chi connectivity index (χ3n) is 10.1. The lowest BCUT2D eigenvalue weighted by atomic mass is 9.74. The fourth-order valence-corrected chi connectivity index (χ4v) is 8.76. The van der Waals surface area contributed by atoms with Gasteiger partial charge in [0.05, 0.1) is 29.3 Å². The largest absolute Gasteiger partial charge is 0.455 e. The third-order valence-corrected chi connectivity index (χ3v) is 11.1. The Kier molecular flexibility index (Phi) is 12.0. The number of hydrogen-bond donors (Lipinski definition) is 2. The molecule has 51 heavy (non-hydrogen) atoms. The van der Waals surface area contributed by atoms with Crippen LogP contribution in [0.15, 0.2) is 77.3 Å². The van der Waals surface area contributed by atoms with Crippen molar-refractivity contribution in [1.29, 1.82) is 0 Å². The van der Waals surface area contributed by atoms with Crippen LogP contribution in [0.2, 0.25) is 5.02 Å². The molecule has 0 aliphatic carbocycles. The zero-order chi connectivity index (χ0) is 36.1. The van der Waals surface area contributed by atoms with E-state index in [1.165, 1.54) is 12.0 Å². The second-order valence-corrected chi connectivity index (χ2v) is 14.6. The summed E-state index contributed by atoms with van der Waals surface area (Å²) in [6.45, 7) is 0.497. The molecule has 1 spiro atoms. The van der Waals surface area contributed by atoms with Crippen LogP contribution in [0, 0.1) is 11.8 Å². The number of aliphatic hydroxyl groups is 1. The molecule has 3 amide bonds. The molecule has 2 saturated heterocycles. The van der Waals surface area contributed by atoms with E-state index in [2.05, 4.69) is 21.2 Å². The van der Waals surface area contributed by atoms with Crippen molar-refractivity contribution in [1.82, 2.24) is 10.2 Å². The predicted octanol–water partition coefficient (Wildman–Crippen LogP) is 4.86. The highest BCUT2D eigenvalue weighted by Crippen LogP contribution is 2.59. The van der Waals surface area contributed by atoms with E-state index in [1.54, 1.807) is 35.2 Å². The first-order valence-electron chi connectivity index (χ1n) is 17.4. The van der Waals surface area contributed by atoms with Crippen LogP contribution >= 0.6 is 27.5 Å². The maximum Gasteiger partial charge on any atom is 0.313 e. The maximum absolute atomic E-state index is 15.0. The SMILES string of the molecule is COC[C@H]1NC(=O)CC/C=C\CN(c2ccccc2Cl)C(=O)[C@@H]2N(CCCCCCO)C(=O)[C@H]3[C@H](C(=O)O[C@@H]1c1ccccc1)[C@H]1O[C@@]23C=C1Br. The van der Waals surface area contributed by atoms with E-state index in [-0.39, 0.29) is 44.5 Å². The molecule has 13 heteroatoms. The number of nitrogens with zero attached hydrogens (tertiary/aromatic N) is 2. The molecule has 4 heterocycles. The number of anilines is 1. The van der Waals surface area contributed by atoms with Gasteiger partial charge in [-0.3, -0.25) is 19.2 Å². The molecule has 2 N–H and O–H groups in total. The van der Waals surface area contributed by atoms with E-state index in [4.69, 9.17) is 25.8 Å². The van der Waals surface area contributed by atoms with Crippen LogP contribution in [-0.2, 0) is 33.4 Å². The molecule has 0 unspecified atom stereocenters. The molecule has 6 rings (SSSR count). The van der Waals surface area contributed by atoms with Gasteiger partial charge in [0.15, 0.2) is 0 Å². The molecule has 2 aromatic carbocycles. The molecule has 2 aromatic rings. The van der Waals surface area contributed by atoms with Crippen molar-refractivity contribution in [2.75, 3.05) is 38.3 Å². The maximum atomic E-state index is 15.0. The Bertz CT molecular complexity index is 1670. The molecule has 11 nitrogen and oxygen atoms in total. The van der Waals surface area contributed by atoms with E-state index in [1.807, 2.05) is 42.5 Å². The minimum atomic E-state index is -1.47. The quantitative estimate of drug-likeness (QED) is 0.198. The molecule has 0 saturated carbocycles. The third kappa shape index (κ3) is 7.39. The number of halogens is 2. The minimum absolute atomic E-state index is 0.0579. The van der Waals surface area contributed by atoms with Crippen LogP contribution in [0.5, 0.6) is 0 Å². The Morgan fingerprint density at radius 3 is 2.47 bits per heavy atom. The number of fused-ring (bicyclic) bond motifs is 2. The number of allylic oxidation sites excluding steroid dienone is 1. The van der Waals surface area contributed by atoms with Crippen molar-refractivity contribution < 1.29 is 38.5 Å². The van der Waals surface area contributed by atoms with E-state index in [9.17, 15) is 19.5 Å². The Balaban J connectivity index is 1.45. The molecular weight excluding hydrogens is 742 g/mol. The molecule has 0 radical (unpaired) electrons. The minimum Gasteiger partial charge on any atom is -0.455 e. The number of likely N-dealkylation sites (tertiary alicyclic amines) is 1. The van der Waals surface area contributed by atoms with Crippen LogP contribution in [0.25, 0.3) is 0 Å². The number of hydrogen-bond acceptors (Lipinski definition) is 8. The molecule has 2 fully saturated rings. The van der Waals surface area contributed by atoms with Crippen LogP contribution < -0.4 is 10.2 Å². The van der Waals surface area contributed by atoms with Gasteiger partial charge >= 0.3 is 5.97 Å². The highest BCUT2D eigenvalue weighted by Gasteiger charge is 2.75. The molecule has 4 aliphatic rings. The van der Waals surface area contributed by atoms with Gasteiger partial charge in [-0.25, -0.2) is 0 Å². The standard InChI is InChI=1S/C38H43BrClN3O8/c1-49-23-27-32(24-14-6-4-7-15-24)50-37(48)30-31-35(46)43(20-11-2-3-13-21-44)34(38(31)22-25(39)33(30)51-38)36(47)42(28-17-10-9-16-26(28)40)19-12-5-8-18-29(45)41-27/h4-7,9-10,12,14-17,22,27,30-34,44H,2-3,8,11,13,18-21,23H2,1H3,(H,41,45)/b12-5-/t27-,30+,31-,32-,33+,34+,38-/m1/s1. The van der Waals surface area contributed by atoms with Crippen molar-refractivity contribution in [3.8, 4) is 0 Å². The number of rotatable bonds is 10. The summed E-state index contributed by atoms with van der Waals surface area (Å²) in [4.78, 5) is 60.6. The van der Waals surface area contributed by atoms with Gasteiger partial charge < -0.3 is 34.4 Å². The van der Waals surface area contributed by atoms with Gasteiger partial charge in [-0.15, -0.1) is 0 Å². The summed E-state index contributed by atoms with van der Waals surface area (Å²) < 4.78 is 19.0. The van der Waals surface area contributed by atoms with Gasteiger partial charge in [-0.05, 0) is 43.0 Å². The van der Waals surface area contributed by atoms with E-state index >= 15 is 4.79 Å². The fraction of sp³-hybridized carbons (Fsp3) is 0.474. The number of esters is 1. The fourth-order valence-electron chi connectivity index (χ4n) is 7.78. The summed E-state index contributed by atoms with van der Waals surface area (Å²) in [6, 6.07) is 14.2. The highest BCUT2D eigenvalue weighted by molar-refractivity contribution is 9.11. The summed E-state index contributed by atoms with van der Waals surface area (Å²) in [7, 11) is 1.51. The van der Waals surface area contributed by atoms with Crippen LogP contribution in [0.3, 0.4) is 0 Å². The topological polar surface area (TPSA) is 135 Å². The molecule has 7 atom stereocenters. The Morgan fingerprint density at radius 2 is 1.73 bits per heavy atom. The normalized spacial score (nSPS) is 30.2. The highest BCUT2D eigenvalue weighted by atomic mass is 79.9. The molecular formula is C38H43BrClN3O8. The lowest BCUT2D eigenvalue weighted by Gasteiger charge is -2.36. The van der Waals surface area contributed by atoms with Crippen molar-refractivity contribution in [2.24, 2.45) is 11.8 Å². The predicted molar refractivity (Wildman–Crippen MR) is 194 cm³/mol. The number of methoxy groups -OCH3 is 1. The number of ether oxygens (including phenoxy) is 3. The van der Waals surface area contributed by atoms with Crippen LogP contribution in [0.1, 0.15) is 50.2 Å². The first-order chi connectivity index (χ1) is 24.7. The van der Waals surface area contributed by atoms with E-state index < -0.39 is 53.6 Å². The second-order valence-electron chi connectivity index (χ2n) is 13.3. The van der Waals surface area contributed by atoms with Gasteiger partial charge in [-0.1, -0.05) is 95.0 Å². The van der Waals surface area contributed by atoms with Gasteiger partial charge in [0.2, 0.25) is 11.8 Å². The number of para-hydroxylation sites is 1. The molecule has 5 bridgehead atoms. The zero-order valence-corrected chi connectivity index (χ0v) is 30.8. The van der Waals surface area contributed by atoms with E-state index in [0.29, 0.717) is 40.0 Å². The Morgan fingerprint density at radius 1 is 0.980 bits per heavy atom. The molecule has 0 aromatic heterocycles. The number of carbonyl (C=O) groups excluding carboxylic acids is 4. The van der Waals surface area contributed by atoms with Crippen molar-refractivity contribution >= 4 is 56.9 Å². The average molecular weight is 785 g/mol. The molecule has 4 aliphatic heterocycles. The van der Waals surface area contributed by atoms with Crippen molar-refractivity contribution in [3.05, 3.63) is 87.9 Å². The molecule has 272 valence electrons. The van der Waals surface area contributed by atoms with Gasteiger partial charge in [0, 0.05) is 37.7 Å².